The minimum atomic E-state index is -0.511. The van der Waals surface area contributed by atoms with Gasteiger partial charge < -0.3 is 10.6 Å². The third-order valence-electron chi connectivity index (χ3n) is 5.24. The van der Waals surface area contributed by atoms with Crippen molar-refractivity contribution in [3.05, 3.63) is 107 Å². The van der Waals surface area contributed by atoms with Crippen molar-refractivity contribution in [2.45, 2.75) is 32.4 Å². The van der Waals surface area contributed by atoms with Crippen molar-refractivity contribution in [2.24, 2.45) is 0 Å². The van der Waals surface area contributed by atoms with Crippen molar-refractivity contribution in [2.75, 3.05) is 6.54 Å². The van der Waals surface area contributed by atoms with Crippen LogP contribution >= 0.6 is 0 Å². The molecule has 0 saturated carbocycles. The molecule has 0 aliphatic heterocycles. The van der Waals surface area contributed by atoms with E-state index in [2.05, 4.69) is 48.6 Å². The minimum absolute atomic E-state index is 0.0162. The second kappa shape index (κ2) is 10.5. The summed E-state index contributed by atoms with van der Waals surface area (Å²) in [5.74, 6) is -0.176. The van der Waals surface area contributed by atoms with E-state index in [1.165, 1.54) is 12.5 Å². The molecule has 3 N–H and O–H groups in total. The second-order valence-corrected chi connectivity index (χ2v) is 7.66. The molecule has 2 atom stereocenters. The molecule has 1 amide bonds. The van der Waals surface area contributed by atoms with Gasteiger partial charge in [0.25, 0.3) is 5.91 Å². The average Bonchev–Trinajstić information content (AvgIpc) is 2.76. The van der Waals surface area contributed by atoms with Crippen LogP contribution in [0, 0.1) is 6.92 Å². The van der Waals surface area contributed by atoms with Gasteiger partial charge in [-0.05, 0) is 25.8 Å². The van der Waals surface area contributed by atoms with E-state index in [0.717, 1.165) is 16.7 Å². The van der Waals surface area contributed by atoms with Crippen molar-refractivity contribution < 1.29 is 14.9 Å². The van der Waals surface area contributed by atoms with Gasteiger partial charge in [0, 0.05) is 11.1 Å². The van der Waals surface area contributed by atoms with Gasteiger partial charge in [-0.3, -0.25) is 9.59 Å². The lowest BCUT2D eigenvalue weighted by molar-refractivity contribution is -0.676. The molecular formula is C26H29N2O2+. The van der Waals surface area contributed by atoms with E-state index < -0.39 is 6.04 Å². The zero-order valence-electron chi connectivity index (χ0n) is 17.5. The molecule has 3 aromatic carbocycles. The van der Waals surface area contributed by atoms with Crippen LogP contribution in [0.3, 0.4) is 0 Å². The number of Topliss-reactive ketones (excluding diaryl/α,β-unsaturated/α-hetero) is 1. The molecule has 154 valence electrons. The molecule has 3 rings (SSSR count). The molecule has 0 spiro atoms. The highest BCUT2D eigenvalue weighted by atomic mass is 16.2. The van der Waals surface area contributed by atoms with E-state index in [9.17, 15) is 9.59 Å². The van der Waals surface area contributed by atoms with Crippen molar-refractivity contribution in [1.82, 2.24) is 5.32 Å². The Morgan fingerprint density at radius 2 is 1.40 bits per heavy atom. The lowest BCUT2D eigenvalue weighted by Crippen LogP contribution is -2.88. The molecule has 0 radical (unpaired) electrons. The Morgan fingerprint density at radius 3 is 2.00 bits per heavy atom. The Morgan fingerprint density at radius 1 is 0.833 bits per heavy atom. The van der Waals surface area contributed by atoms with Crippen LogP contribution in [-0.2, 0) is 16.0 Å². The maximum Gasteiger partial charge on any atom is 0.275 e. The number of ketones is 1. The predicted octanol–water partition coefficient (Wildman–Crippen LogP) is 2.96. The number of benzene rings is 3. The Bertz CT molecular complexity index is 953. The Kier molecular flexibility index (Phi) is 7.52. The third kappa shape index (κ3) is 6.13. The maximum atomic E-state index is 12.7. The summed E-state index contributed by atoms with van der Waals surface area (Å²) < 4.78 is 0. The second-order valence-electron chi connectivity index (χ2n) is 7.66. The fourth-order valence-electron chi connectivity index (χ4n) is 3.52. The summed E-state index contributed by atoms with van der Waals surface area (Å²) in [5.41, 5.74) is 4.52. The molecule has 0 heterocycles. The predicted molar refractivity (Wildman–Crippen MR) is 119 cm³/mol. The number of rotatable bonds is 9. The average molecular weight is 402 g/mol. The smallest absolute Gasteiger partial charge is 0.275 e. The van der Waals surface area contributed by atoms with Crippen molar-refractivity contribution >= 4 is 11.7 Å². The standard InChI is InChI=1S/C26H28N2O2/c1-19-13-15-23(16-14-19)26(22-11-7-4-8-12-22)27-18-25(30)28-24(20(2)29)17-21-9-5-3-6-10-21/h3-16,24,26-27H,17-18H2,1-2H3,(H,28,30)/p+1/t24-,26-/m0/s1. The quantitative estimate of drug-likeness (QED) is 0.579. The lowest BCUT2D eigenvalue weighted by atomic mass is 9.98. The molecule has 30 heavy (non-hydrogen) atoms. The van der Waals surface area contributed by atoms with Crippen LogP contribution in [0.15, 0.2) is 84.9 Å². The van der Waals surface area contributed by atoms with Crippen LogP contribution in [0.2, 0.25) is 0 Å². The molecule has 0 aliphatic rings. The van der Waals surface area contributed by atoms with Gasteiger partial charge >= 0.3 is 0 Å². The van der Waals surface area contributed by atoms with Crippen molar-refractivity contribution in [3.63, 3.8) is 0 Å². The highest BCUT2D eigenvalue weighted by Crippen LogP contribution is 2.18. The number of hydrogen-bond acceptors (Lipinski definition) is 2. The molecule has 4 nitrogen and oxygen atoms in total. The Balaban J connectivity index is 1.67. The number of hydrogen-bond donors (Lipinski definition) is 2. The number of carbonyl (C=O) groups is 2. The number of nitrogens with one attached hydrogen (secondary N) is 1. The first-order valence-electron chi connectivity index (χ1n) is 10.3. The van der Waals surface area contributed by atoms with Crippen LogP contribution in [-0.4, -0.2) is 24.3 Å². The molecular weight excluding hydrogens is 372 g/mol. The van der Waals surface area contributed by atoms with Crippen LogP contribution in [0.1, 0.15) is 35.2 Å². The largest absolute Gasteiger partial charge is 0.341 e. The fraction of sp³-hybridized carbons (Fsp3) is 0.231. The van der Waals surface area contributed by atoms with Crippen molar-refractivity contribution in [3.8, 4) is 0 Å². The summed E-state index contributed by atoms with van der Waals surface area (Å²) in [5, 5.41) is 4.94. The Hall–Kier alpha value is -3.24. The summed E-state index contributed by atoms with van der Waals surface area (Å²) in [6, 6.07) is 27.8. The van der Waals surface area contributed by atoms with Crippen LogP contribution in [0.5, 0.6) is 0 Å². The maximum absolute atomic E-state index is 12.7. The minimum Gasteiger partial charge on any atom is -0.341 e. The summed E-state index contributed by atoms with van der Waals surface area (Å²) >= 11 is 0. The molecule has 4 heteroatoms. The van der Waals surface area contributed by atoms with Gasteiger partial charge in [0.05, 0.1) is 6.04 Å². The summed E-state index contributed by atoms with van der Waals surface area (Å²) in [7, 11) is 0. The van der Waals surface area contributed by atoms with Gasteiger partial charge in [-0.2, -0.15) is 0 Å². The van der Waals surface area contributed by atoms with Gasteiger partial charge in [-0.1, -0.05) is 90.5 Å². The highest BCUT2D eigenvalue weighted by molar-refractivity contribution is 5.88. The van der Waals surface area contributed by atoms with Gasteiger partial charge in [0.2, 0.25) is 0 Å². The summed E-state index contributed by atoms with van der Waals surface area (Å²) in [6.07, 6.45) is 0.502. The summed E-state index contributed by atoms with van der Waals surface area (Å²) in [6.45, 7) is 3.83. The molecule has 0 bridgehead atoms. The normalized spacial score (nSPS) is 12.7. The molecule has 0 fully saturated rings. The Labute approximate surface area is 178 Å². The highest BCUT2D eigenvalue weighted by Gasteiger charge is 2.22. The zero-order valence-corrected chi connectivity index (χ0v) is 17.5. The third-order valence-corrected chi connectivity index (χ3v) is 5.24. The van der Waals surface area contributed by atoms with E-state index in [4.69, 9.17) is 0 Å². The van der Waals surface area contributed by atoms with Crippen LogP contribution in [0.25, 0.3) is 0 Å². The monoisotopic (exact) mass is 401 g/mol. The zero-order chi connectivity index (χ0) is 21.3. The lowest BCUT2D eigenvalue weighted by Gasteiger charge is -2.19. The SMILES string of the molecule is CC(=O)[C@H](Cc1ccccc1)NC(=O)C[NH2+][C@@H](c1ccccc1)c1ccc(C)cc1. The number of amides is 1. The van der Waals surface area contributed by atoms with E-state index >= 15 is 0 Å². The van der Waals surface area contributed by atoms with E-state index in [1.807, 2.05) is 53.8 Å². The number of carbonyl (C=O) groups excluding carboxylic acids is 2. The number of aryl methyl sites for hydroxylation is 1. The van der Waals surface area contributed by atoms with E-state index in [0.29, 0.717) is 6.42 Å². The topological polar surface area (TPSA) is 62.8 Å². The van der Waals surface area contributed by atoms with Gasteiger partial charge in [0.1, 0.15) is 6.04 Å². The first-order valence-corrected chi connectivity index (χ1v) is 10.3. The first kappa shape index (κ1) is 21.5. The van der Waals surface area contributed by atoms with Gasteiger partial charge in [-0.25, -0.2) is 0 Å². The van der Waals surface area contributed by atoms with Crippen molar-refractivity contribution in [1.29, 1.82) is 0 Å². The first-order chi connectivity index (χ1) is 14.5. The van der Waals surface area contributed by atoms with Gasteiger partial charge in [0.15, 0.2) is 12.3 Å². The summed E-state index contributed by atoms with van der Waals surface area (Å²) in [4.78, 5) is 24.7. The molecule has 0 unspecified atom stereocenters. The van der Waals surface area contributed by atoms with Gasteiger partial charge in [-0.15, -0.1) is 0 Å². The van der Waals surface area contributed by atoms with E-state index in [-0.39, 0.29) is 24.3 Å². The molecule has 3 aromatic rings. The number of nitrogens with two attached hydrogens (primary N) is 1. The van der Waals surface area contributed by atoms with E-state index in [1.54, 1.807) is 0 Å². The molecule has 0 aromatic heterocycles. The molecule has 0 saturated heterocycles. The number of quaternary nitrogens is 1. The van der Waals surface area contributed by atoms with Crippen LogP contribution in [0.4, 0.5) is 0 Å². The molecule has 0 aliphatic carbocycles. The van der Waals surface area contributed by atoms with Crippen LogP contribution < -0.4 is 10.6 Å². The fourth-order valence-corrected chi connectivity index (χ4v) is 3.52.